The fourth-order valence-corrected chi connectivity index (χ4v) is 2.58. The molecule has 0 saturated heterocycles. The molecule has 2 aromatic carbocycles. The Labute approximate surface area is 140 Å². The molecular formula is C20H17NO3. The number of carbonyl (C=O) groups is 1. The first kappa shape index (κ1) is 15.7. The maximum absolute atomic E-state index is 11.0. The summed E-state index contributed by atoms with van der Waals surface area (Å²) in [6.45, 7) is 4.03. The van der Waals surface area contributed by atoms with Crippen LogP contribution in [0.25, 0.3) is 17.0 Å². The summed E-state index contributed by atoms with van der Waals surface area (Å²) in [6, 6.07) is 17.2. The highest BCUT2D eigenvalue weighted by Gasteiger charge is 2.12. The number of rotatable bonds is 6. The van der Waals surface area contributed by atoms with E-state index in [1.54, 1.807) is 18.2 Å². The van der Waals surface area contributed by atoms with Gasteiger partial charge < -0.3 is 9.84 Å². The van der Waals surface area contributed by atoms with Gasteiger partial charge in [0.15, 0.2) is 0 Å². The number of hydrogen-bond acceptors (Lipinski definition) is 3. The van der Waals surface area contributed by atoms with Crippen molar-refractivity contribution in [2.75, 3.05) is 0 Å². The molecule has 0 amide bonds. The van der Waals surface area contributed by atoms with Gasteiger partial charge in [0.1, 0.15) is 12.4 Å². The number of carboxylic acid groups (broad SMARTS) is 1. The number of benzene rings is 2. The predicted molar refractivity (Wildman–Crippen MR) is 93.9 cm³/mol. The Morgan fingerprint density at radius 3 is 2.75 bits per heavy atom. The average molecular weight is 319 g/mol. The van der Waals surface area contributed by atoms with Gasteiger partial charge >= 0.3 is 5.97 Å². The van der Waals surface area contributed by atoms with Crippen LogP contribution in [0, 0.1) is 0 Å². The summed E-state index contributed by atoms with van der Waals surface area (Å²) in [5.74, 6) is -0.352. The van der Waals surface area contributed by atoms with E-state index in [0.717, 1.165) is 22.2 Å². The van der Waals surface area contributed by atoms with Gasteiger partial charge in [-0.3, -0.25) is 4.79 Å². The van der Waals surface area contributed by atoms with Crippen LogP contribution in [0.1, 0.15) is 16.8 Å². The van der Waals surface area contributed by atoms with Crippen molar-refractivity contribution in [1.82, 2.24) is 4.98 Å². The number of aliphatic carboxylic acids is 1. The molecule has 0 aliphatic heterocycles. The molecule has 3 rings (SSSR count). The zero-order valence-corrected chi connectivity index (χ0v) is 13.1. The average Bonchev–Trinajstić information content (AvgIpc) is 2.59. The molecule has 4 heteroatoms. The summed E-state index contributed by atoms with van der Waals surface area (Å²) in [5, 5.41) is 10.1. The number of para-hydroxylation sites is 2. The van der Waals surface area contributed by atoms with Crippen molar-refractivity contribution >= 4 is 22.9 Å². The predicted octanol–water partition coefficient (Wildman–Crippen LogP) is 4.08. The van der Waals surface area contributed by atoms with Crippen molar-refractivity contribution in [3.05, 3.63) is 78.0 Å². The van der Waals surface area contributed by atoms with E-state index >= 15 is 0 Å². The molecule has 0 radical (unpaired) electrons. The molecule has 1 N–H and O–H groups in total. The third-order valence-corrected chi connectivity index (χ3v) is 3.71. The van der Waals surface area contributed by atoms with E-state index in [4.69, 9.17) is 9.84 Å². The summed E-state index contributed by atoms with van der Waals surface area (Å²) in [5.41, 5.74) is 3.09. The molecule has 1 heterocycles. The monoisotopic (exact) mass is 319 g/mol. The number of hydrogen-bond donors (Lipinski definition) is 1. The van der Waals surface area contributed by atoms with Crippen molar-refractivity contribution in [3.8, 4) is 5.75 Å². The Balaban J connectivity index is 1.87. The highest BCUT2D eigenvalue weighted by Crippen LogP contribution is 2.27. The number of aromatic nitrogens is 1. The first-order valence-electron chi connectivity index (χ1n) is 7.61. The van der Waals surface area contributed by atoms with E-state index in [2.05, 4.69) is 11.6 Å². The zero-order chi connectivity index (χ0) is 16.9. The topological polar surface area (TPSA) is 59.4 Å². The second-order valence-electron chi connectivity index (χ2n) is 5.39. The molecule has 1 aromatic heterocycles. The number of ether oxygens (including phenoxy) is 1. The normalized spacial score (nSPS) is 10.5. The third kappa shape index (κ3) is 3.43. The minimum Gasteiger partial charge on any atom is -0.486 e. The molecule has 0 bridgehead atoms. The minimum absolute atomic E-state index is 0.0951. The van der Waals surface area contributed by atoms with E-state index in [-0.39, 0.29) is 13.0 Å². The van der Waals surface area contributed by atoms with Crippen molar-refractivity contribution < 1.29 is 14.6 Å². The van der Waals surface area contributed by atoms with E-state index in [0.29, 0.717) is 11.3 Å². The van der Waals surface area contributed by atoms with Gasteiger partial charge in [-0.2, -0.15) is 0 Å². The third-order valence-electron chi connectivity index (χ3n) is 3.71. The number of carboxylic acids is 1. The Morgan fingerprint density at radius 1 is 1.12 bits per heavy atom. The van der Waals surface area contributed by atoms with Crippen LogP contribution in [0.3, 0.4) is 0 Å². The molecule has 0 atom stereocenters. The fraction of sp³-hybridized carbons (Fsp3) is 0.100. The molecule has 0 unspecified atom stereocenters. The Hall–Kier alpha value is -3.14. The van der Waals surface area contributed by atoms with Crippen molar-refractivity contribution in [2.45, 2.75) is 13.0 Å². The summed E-state index contributed by atoms with van der Waals surface area (Å²) < 4.78 is 5.90. The summed E-state index contributed by atoms with van der Waals surface area (Å²) in [4.78, 5) is 15.6. The molecule has 4 nitrogen and oxygen atoms in total. The smallest absolute Gasteiger partial charge is 0.307 e. The maximum atomic E-state index is 11.0. The standard InChI is InChI=1S/C20H17NO3/c1-2-14-7-5-8-16(12-19(22)23)20(14)24-13-17-11-10-15-6-3-4-9-18(15)21-17/h2-11H,1,12-13H2,(H,22,23). The summed E-state index contributed by atoms with van der Waals surface area (Å²) >= 11 is 0. The lowest BCUT2D eigenvalue weighted by Crippen LogP contribution is -2.06. The number of pyridine rings is 1. The second kappa shape index (κ2) is 6.96. The van der Waals surface area contributed by atoms with Gasteiger partial charge in [0.05, 0.1) is 17.6 Å². The Bertz CT molecular complexity index is 902. The van der Waals surface area contributed by atoms with Crippen LogP contribution < -0.4 is 4.74 Å². The van der Waals surface area contributed by atoms with E-state index in [9.17, 15) is 4.79 Å². The molecule has 0 spiro atoms. The Morgan fingerprint density at radius 2 is 1.96 bits per heavy atom. The van der Waals surface area contributed by atoms with Gasteiger partial charge in [0.2, 0.25) is 0 Å². The van der Waals surface area contributed by atoms with Crippen LogP contribution in [0.4, 0.5) is 0 Å². The number of fused-ring (bicyclic) bond motifs is 1. The SMILES string of the molecule is C=Cc1cccc(CC(=O)O)c1OCc1ccc2ccccc2n1. The van der Waals surface area contributed by atoms with E-state index in [1.807, 2.05) is 42.5 Å². The zero-order valence-electron chi connectivity index (χ0n) is 13.1. The molecule has 120 valence electrons. The van der Waals surface area contributed by atoms with Gasteiger partial charge in [-0.15, -0.1) is 0 Å². The molecular weight excluding hydrogens is 302 g/mol. The highest BCUT2D eigenvalue weighted by atomic mass is 16.5. The van der Waals surface area contributed by atoms with Crippen LogP contribution in [0.2, 0.25) is 0 Å². The van der Waals surface area contributed by atoms with Crippen LogP contribution in [0.15, 0.2) is 61.2 Å². The molecule has 0 fully saturated rings. The van der Waals surface area contributed by atoms with Crippen molar-refractivity contribution in [1.29, 1.82) is 0 Å². The molecule has 24 heavy (non-hydrogen) atoms. The number of nitrogens with zero attached hydrogens (tertiary/aromatic N) is 1. The van der Waals surface area contributed by atoms with Crippen LogP contribution >= 0.6 is 0 Å². The van der Waals surface area contributed by atoms with Gasteiger partial charge in [0.25, 0.3) is 0 Å². The van der Waals surface area contributed by atoms with Gasteiger partial charge in [-0.25, -0.2) is 4.98 Å². The molecule has 0 saturated carbocycles. The lowest BCUT2D eigenvalue weighted by Gasteiger charge is -2.13. The molecule has 0 aliphatic carbocycles. The largest absolute Gasteiger partial charge is 0.486 e. The lowest BCUT2D eigenvalue weighted by molar-refractivity contribution is -0.136. The van der Waals surface area contributed by atoms with Gasteiger partial charge in [-0.1, -0.05) is 55.1 Å². The Kier molecular flexibility index (Phi) is 4.57. The van der Waals surface area contributed by atoms with Crippen LogP contribution in [-0.4, -0.2) is 16.1 Å². The van der Waals surface area contributed by atoms with Crippen molar-refractivity contribution in [2.24, 2.45) is 0 Å². The second-order valence-corrected chi connectivity index (χ2v) is 5.39. The van der Waals surface area contributed by atoms with Crippen LogP contribution in [0.5, 0.6) is 5.75 Å². The molecule has 0 aliphatic rings. The molecule has 3 aromatic rings. The fourth-order valence-electron chi connectivity index (χ4n) is 2.58. The first-order valence-corrected chi connectivity index (χ1v) is 7.61. The first-order chi connectivity index (χ1) is 11.7. The van der Waals surface area contributed by atoms with Crippen LogP contribution in [-0.2, 0) is 17.8 Å². The maximum Gasteiger partial charge on any atom is 0.307 e. The van der Waals surface area contributed by atoms with Gasteiger partial charge in [-0.05, 0) is 12.1 Å². The lowest BCUT2D eigenvalue weighted by atomic mass is 10.1. The van der Waals surface area contributed by atoms with E-state index in [1.165, 1.54) is 0 Å². The van der Waals surface area contributed by atoms with E-state index < -0.39 is 5.97 Å². The summed E-state index contributed by atoms with van der Waals surface area (Å²) in [7, 11) is 0. The van der Waals surface area contributed by atoms with Crippen molar-refractivity contribution in [3.63, 3.8) is 0 Å². The van der Waals surface area contributed by atoms with Gasteiger partial charge in [0, 0.05) is 16.5 Å². The minimum atomic E-state index is -0.898. The summed E-state index contributed by atoms with van der Waals surface area (Å²) in [6.07, 6.45) is 1.57. The quantitative estimate of drug-likeness (QED) is 0.743. The highest BCUT2D eigenvalue weighted by molar-refractivity contribution is 5.78.